The lowest BCUT2D eigenvalue weighted by atomic mass is 10.2. The Balaban J connectivity index is 1.77. The van der Waals surface area contributed by atoms with E-state index >= 15 is 0 Å². The van der Waals surface area contributed by atoms with Gasteiger partial charge in [-0.1, -0.05) is 0 Å². The van der Waals surface area contributed by atoms with E-state index in [1.807, 2.05) is 0 Å². The topological polar surface area (TPSA) is 139 Å². The highest BCUT2D eigenvalue weighted by Gasteiger charge is 2.10. The average molecular weight is 379 g/mol. The van der Waals surface area contributed by atoms with Gasteiger partial charge in [-0.2, -0.15) is 0 Å². The summed E-state index contributed by atoms with van der Waals surface area (Å²) >= 11 is 0. The van der Waals surface area contributed by atoms with Crippen LogP contribution >= 0.6 is 0 Å². The Kier molecular flexibility index (Phi) is 5.35. The summed E-state index contributed by atoms with van der Waals surface area (Å²) in [4.78, 5) is 30.7. The van der Waals surface area contributed by atoms with Crippen molar-refractivity contribution in [2.45, 2.75) is 0 Å². The predicted octanol–water partition coefficient (Wildman–Crippen LogP) is 3.03. The molecule has 1 aromatic heterocycles. The number of esters is 1. The molecule has 0 saturated heterocycles. The number of aromatic nitrogens is 2. The Hall–Kier alpha value is -4.14. The Morgan fingerprint density at radius 2 is 1.36 bits per heavy atom. The van der Waals surface area contributed by atoms with Crippen LogP contribution in [0.2, 0.25) is 0 Å². The van der Waals surface area contributed by atoms with Crippen LogP contribution < -0.4 is 16.4 Å². The number of carbonyl (C=O) groups excluding carboxylic acids is 1. The molecule has 0 aliphatic carbocycles. The maximum atomic E-state index is 11.5. The van der Waals surface area contributed by atoms with Gasteiger partial charge in [0.05, 0.1) is 18.2 Å². The third kappa shape index (κ3) is 4.15. The molecule has 0 aliphatic rings. The summed E-state index contributed by atoms with van der Waals surface area (Å²) in [7, 11) is 1.32. The molecule has 0 saturated carbocycles. The van der Waals surface area contributed by atoms with Gasteiger partial charge in [-0.15, -0.1) is 0 Å². The van der Waals surface area contributed by atoms with E-state index in [1.54, 1.807) is 36.4 Å². The minimum Gasteiger partial charge on any atom is -0.478 e. The maximum Gasteiger partial charge on any atom is 0.337 e. The fourth-order valence-corrected chi connectivity index (χ4v) is 2.37. The van der Waals surface area contributed by atoms with Crippen molar-refractivity contribution in [3.8, 4) is 0 Å². The number of carbonyl (C=O) groups is 2. The van der Waals surface area contributed by atoms with Crippen LogP contribution in [0.3, 0.4) is 0 Å². The number of nitrogen functional groups attached to an aromatic ring is 1. The normalized spacial score (nSPS) is 10.2. The van der Waals surface area contributed by atoms with Gasteiger partial charge in [0.1, 0.15) is 12.0 Å². The monoisotopic (exact) mass is 379 g/mol. The average Bonchev–Trinajstić information content (AvgIpc) is 2.71. The molecule has 0 unspecified atom stereocenters. The van der Waals surface area contributed by atoms with Crippen molar-refractivity contribution in [3.05, 3.63) is 66.0 Å². The Labute approximate surface area is 160 Å². The molecule has 3 aromatic rings. The van der Waals surface area contributed by atoms with Crippen LogP contribution in [0.25, 0.3) is 0 Å². The highest BCUT2D eigenvalue weighted by atomic mass is 16.5. The highest BCUT2D eigenvalue weighted by Crippen LogP contribution is 2.28. The molecular weight excluding hydrogens is 362 g/mol. The SMILES string of the molecule is COC(=O)c1ccc(Nc2ncnc(Nc3ccc(C(=O)O)cc3)c2N)cc1. The molecular formula is C19H17N5O4. The van der Waals surface area contributed by atoms with Crippen molar-refractivity contribution in [2.75, 3.05) is 23.5 Å². The lowest BCUT2D eigenvalue weighted by Gasteiger charge is -2.13. The molecule has 2 aromatic carbocycles. The van der Waals surface area contributed by atoms with Crippen molar-refractivity contribution >= 4 is 40.6 Å². The van der Waals surface area contributed by atoms with Gasteiger partial charge < -0.3 is 26.2 Å². The summed E-state index contributed by atoms with van der Waals surface area (Å²) in [6.07, 6.45) is 1.34. The molecule has 3 rings (SSSR count). The minimum atomic E-state index is -1.00. The molecule has 0 aliphatic heterocycles. The quantitative estimate of drug-likeness (QED) is 0.476. The van der Waals surface area contributed by atoms with Gasteiger partial charge >= 0.3 is 11.9 Å². The first-order valence-electron chi connectivity index (χ1n) is 8.14. The number of rotatable bonds is 6. The number of nitrogens with two attached hydrogens (primary N) is 1. The zero-order valence-electron chi connectivity index (χ0n) is 14.8. The summed E-state index contributed by atoms with van der Waals surface area (Å²) in [5.74, 6) is -0.677. The largest absolute Gasteiger partial charge is 0.478 e. The number of hydrogen-bond donors (Lipinski definition) is 4. The fourth-order valence-electron chi connectivity index (χ4n) is 2.37. The number of methoxy groups -OCH3 is 1. The minimum absolute atomic E-state index is 0.180. The van der Waals surface area contributed by atoms with E-state index in [4.69, 9.17) is 10.8 Å². The highest BCUT2D eigenvalue weighted by molar-refractivity contribution is 5.90. The zero-order valence-corrected chi connectivity index (χ0v) is 14.8. The molecule has 0 spiro atoms. The first-order chi connectivity index (χ1) is 13.5. The van der Waals surface area contributed by atoms with Crippen molar-refractivity contribution in [3.63, 3.8) is 0 Å². The molecule has 0 amide bonds. The molecule has 28 heavy (non-hydrogen) atoms. The van der Waals surface area contributed by atoms with Crippen LogP contribution in [0.1, 0.15) is 20.7 Å². The van der Waals surface area contributed by atoms with Crippen LogP contribution in [0.5, 0.6) is 0 Å². The Bertz CT molecular complexity index is 1000. The smallest absolute Gasteiger partial charge is 0.337 e. The van der Waals surface area contributed by atoms with Gasteiger partial charge in [-0.05, 0) is 48.5 Å². The Morgan fingerprint density at radius 1 is 0.893 bits per heavy atom. The first kappa shape index (κ1) is 18.6. The van der Waals surface area contributed by atoms with Gasteiger partial charge in [0, 0.05) is 11.4 Å². The summed E-state index contributed by atoms with van der Waals surface area (Å²) < 4.78 is 4.67. The van der Waals surface area contributed by atoms with Gasteiger partial charge in [0.15, 0.2) is 11.6 Å². The molecule has 0 radical (unpaired) electrons. The second kappa shape index (κ2) is 8.04. The molecule has 1 heterocycles. The number of nitrogens with zero attached hydrogens (tertiary/aromatic N) is 2. The third-order valence-electron chi connectivity index (χ3n) is 3.85. The molecule has 0 atom stereocenters. The lowest BCUT2D eigenvalue weighted by Crippen LogP contribution is -2.06. The van der Waals surface area contributed by atoms with E-state index in [2.05, 4.69) is 25.3 Å². The second-order valence-corrected chi connectivity index (χ2v) is 5.69. The van der Waals surface area contributed by atoms with Crippen molar-refractivity contribution in [1.29, 1.82) is 0 Å². The molecule has 9 heteroatoms. The number of ether oxygens (including phenoxy) is 1. The Morgan fingerprint density at radius 3 is 1.79 bits per heavy atom. The molecule has 142 valence electrons. The van der Waals surface area contributed by atoms with Crippen LogP contribution in [0.15, 0.2) is 54.9 Å². The standard InChI is InChI=1S/C19H17N5O4/c1-28-19(27)12-4-8-14(9-5-12)24-17-15(20)16(21-10-22-17)23-13-6-2-11(3-7-13)18(25)26/h2-10H,20H2,1H3,(H,25,26)(H2,21,22,23,24). The molecule has 0 fully saturated rings. The van der Waals surface area contributed by atoms with E-state index in [-0.39, 0.29) is 11.3 Å². The van der Waals surface area contributed by atoms with Crippen LogP contribution in [0.4, 0.5) is 28.7 Å². The molecule has 5 N–H and O–H groups in total. The predicted molar refractivity (Wildman–Crippen MR) is 104 cm³/mol. The van der Waals surface area contributed by atoms with Crippen LogP contribution in [0, 0.1) is 0 Å². The van der Waals surface area contributed by atoms with E-state index < -0.39 is 11.9 Å². The van der Waals surface area contributed by atoms with Crippen LogP contribution in [-0.2, 0) is 4.74 Å². The van der Waals surface area contributed by atoms with Crippen LogP contribution in [-0.4, -0.2) is 34.1 Å². The van der Waals surface area contributed by atoms with Crippen molar-refractivity contribution in [1.82, 2.24) is 9.97 Å². The fraction of sp³-hybridized carbons (Fsp3) is 0.0526. The van der Waals surface area contributed by atoms with Gasteiger partial charge in [-0.25, -0.2) is 19.6 Å². The number of aromatic carboxylic acids is 1. The van der Waals surface area contributed by atoms with Gasteiger partial charge in [-0.3, -0.25) is 0 Å². The van der Waals surface area contributed by atoms with Gasteiger partial charge in [0.2, 0.25) is 0 Å². The number of carboxylic acid groups (broad SMARTS) is 1. The number of benzene rings is 2. The van der Waals surface area contributed by atoms with E-state index in [9.17, 15) is 9.59 Å². The number of anilines is 5. The van der Waals surface area contributed by atoms with Gasteiger partial charge in [0.25, 0.3) is 0 Å². The molecule has 9 nitrogen and oxygen atoms in total. The summed E-state index contributed by atoms with van der Waals surface area (Å²) in [6.45, 7) is 0. The van der Waals surface area contributed by atoms with Crippen molar-refractivity contribution < 1.29 is 19.4 Å². The number of carboxylic acids is 1. The maximum absolute atomic E-state index is 11.5. The van der Waals surface area contributed by atoms with E-state index in [1.165, 1.54) is 25.6 Å². The second-order valence-electron chi connectivity index (χ2n) is 5.69. The van der Waals surface area contributed by atoms with Crippen molar-refractivity contribution in [2.24, 2.45) is 0 Å². The zero-order chi connectivity index (χ0) is 20.1. The van der Waals surface area contributed by atoms with E-state index in [0.717, 1.165) is 0 Å². The summed E-state index contributed by atoms with van der Waals surface area (Å²) in [6, 6.07) is 12.8. The number of hydrogen-bond acceptors (Lipinski definition) is 8. The third-order valence-corrected chi connectivity index (χ3v) is 3.85. The molecule has 0 bridgehead atoms. The summed E-state index contributed by atoms with van der Waals surface area (Å²) in [5.41, 5.74) is 8.33. The number of nitrogens with one attached hydrogen (secondary N) is 2. The first-order valence-corrected chi connectivity index (χ1v) is 8.14. The summed E-state index contributed by atoms with van der Waals surface area (Å²) in [5, 5.41) is 15.0. The van der Waals surface area contributed by atoms with E-state index in [0.29, 0.717) is 28.6 Å². The lowest BCUT2D eigenvalue weighted by molar-refractivity contribution is 0.0600.